The van der Waals surface area contributed by atoms with Crippen LogP contribution in [-0.4, -0.2) is 22.7 Å². The lowest BCUT2D eigenvalue weighted by Crippen LogP contribution is -2.01. The molecule has 0 atom stereocenters. The number of allylic oxidation sites excluding steroid dienone is 1. The van der Waals surface area contributed by atoms with Crippen LogP contribution in [0.3, 0.4) is 0 Å². The van der Waals surface area contributed by atoms with Gasteiger partial charge in [0.15, 0.2) is 5.75 Å². The van der Waals surface area contributed by atoms with Gasteiger partial charge in [-0.15, -0.1) is 0 Å². The van der Waals surface area contributed by atoms with Crippen LogP contribution < -0.4 is 9.47 Å². The number of nitrogens with zero attached hydrogens (tertiary/aromatic N) is 2. The van der Waals surface area contributed by atoms with E-state index in [1.807, 2.05) is 6.07 Å². The van der Waals surface area contributed by atoms with Crippen LogP contribution >= 0.6 is 58.0 Å². The van der Waals surface area contributed by atoms with Crippen molar-refractivity contribution in [3.63, 3.8) is 0 Å². The third kappa shape index (κ3) is 5.30. The molecular weight excluding hydrogens is 506 g/mol. The van der Waals surface area contributed by atoms with E-state index in [9.17, 15) is 4.79 Å². The highest BCUT2D eigenvalue weighted by molar-refractivity contribution is 6.55. The van der Waals surface area contributed by atoms with E-state index in [1.54, 1.807) is 42.2 Å². The number of carbonyl (C=O) groups excluding carboxylic acids is 1. The van der Waals surface area contributed by atoms with Gasteiger partial charge in [0.1, 0.15) is 28.1 Å². The number of hydrogen-bond donors (Lipinski definition) is 0. The zero-order valence-electron chi connectivity index (χ0n) is 16.3. The Bertz CT molecular complexity index is 1150. The van der Waals surface area contributed by atoms with Crippen LogP contribution in [0.5, 0.6) is 11.5 Å². The van der Waals surface area contributed by atoms with Crippen LogP contribution in [-0.2, 0) is 13.7 Å². The van der Waals surface area contributed by atoms with E-state index in [0.717, 1.165) is 5.56 Å². The van der Waals surface area contributed by atoms with Crippen LogP contribution in [0.1, 0.15) is 21.6 Å². The standard InChI is InChI=1S/C21H15Cl5N2O3/c1-28-8-7-13(27-28)14(29)5-3-11-4-6-15(30-2)12(9-11)10-31-21-19(25)17(23)16(22)18(24)20(21)26/h3-9H,10H2,1-2H3/b5-3+. The average molecular weight is 521 g/mol. The summed E-state index contributed by atoms with van der Waals surface area (Å²) in [5.41, 5.74) is 1.80. The number of ether oxygens (including phenoxy) is 2. The molecule has 2 aromatic carbocycles. The van der Waals surface area contributed by atoms with Gasteiger partial charge in [0, 0.05) is 18.8 Å². The largest absolute Gasteiger partial charge is 0.496 e. The molecule has 0 spiro atoms. The van der Waals surface area contributed by atoms with Gasteiger partial charge in [-0.1, -0.05) is 70.1 Å². The van der Waals surface area contributed by atoms with Crippen LogP contribution in [0.4, 0.5) is 0 Å². The maximum atomic E-state index is 12.2. The smallest absolute Gasteiger partial charge is 0.206 e. The Labute approximate surface area is 204 Å². The molecule has 0 saturated carbocycles. The number of carbonyl (C=O) groups is 1. The molecule has 0 aliphatic carbocycles. The predicted octanol–water partition coefficient (Wildman–Crippen LogP) is 7.17. The second-order valence-corrected chi connectivity index (χ2v) is 8.22. The number of ketones is 1. The summed E-state index contributed by atoms with van der Waals surface area (Å²) in [6.07, 6.45) is 4.83. The van der Waals surface area contributed by atoms with E-state index < -0.39 is 0 Å². The lowest BCUT2D eigenvalue weighted by atomic mass is 10.1. The minimum atomic E-state index is -0.210. The molecule has 0 aliphatic heterocycles. The van der Waals surface area contributed by atoms with Crippen molar-refractivity contribution in [2.45, 2.75) is 6.61 Å². The van der Waals surface area contributed by atoms with Crippen molar-refractivity contribution in [3.8, 4) is 11.5 Å². The maximum Gasteiger partial charge on any atom is 0.206 e. The molecule has 0 saturated heterocycles. The first-order chi connectivity index (χ1) is 14.7. The molecular formula is C21H15Cl5N2O3. The van der Waals surface area contributed by atoms with E-state index in [1.165, 1.54) is 13.2 Å². The molecule has 31 heavy (non-hydrogen) atoms. The minimum absolute atomic E-state index is 0.0458. The van der Waals surface area contributed by atoms with Gasteiger partial charge in [0.05, 0.1) is 22.2 Å². The average Bonchev–Trinajstić information content (AvgIpc) is 3.21. The van der Waals surface area contributed by atoms with E-state index in [2.05, 4.69) is 5.10 Å². The van der Waals surface area contributed by atoms with Crippen LogP contribution in [0.2, 0.25) is 25.1 Å². The van der Waals surface area contributed by atoms with Crippen molar-refractivity contribution < 1.29 is 14.3 Å². The van der Waals surface area contributed by atoms with Crippen LogP contribution in [0, 0.1) is 0 Å². The van der Waals surface area contributed by atoms with Crippen molar-refractivity contribution >= 4 is 69.9 Å². The molecule has 0 aliphatic rings. The summed E-state index contributed by atoms with van der Waals surface area (Å²) in [5.74, 6) is 0.473. The quantitative estimate of drug-likeness (QED) is 0.143. The Morgan fingerprint density at radius 1 is 1.03 bits per heavy atom. The van der Waals surface area contributed by atoms with Gasteiger partial charge in [-0.3, -0.25) is 9.48 Å². The SMILES string of the molecule is COc1ccc(/C=C/C(=O)c2ccn(C)n2)cc1COc1c(Cl)c(Cl)c(Cl)c(Cl)c1Cl. The third-order valence-corrected chi connectivity index (χ3v) is 6.48. The molecule has 0 fully saturated rings. The minimum Gasteiger partial charge on any atom is -0.496 e. The first kappa shape index (κ1) is 23.8. The van der Waals surface area contributed by atoms with Gasteiger partial charge < -0.3 is 9.47 Å². The summed E-state index contributed by atoms with van der Waals surface area (Å²) in [4.78, 5) is 12.2. The van der Waals surface area contributed by atoms with Gasteiger partial charge in [0.25, 0.3) is 0 Å². The fourth-order valence-electron chi connectivity index (χ4n) is 2.68. The highest BCUT2D eigenvalue weighted by Crippen LogP contribution is 2.48. The predicted molar refractivity (Wildman–Crippen MR) is 125 cm³/mol. The molecule has 162 valence electrons. The van der Waals surface area contributed by atoms with Crippen molar-refractivity contribution in [2.24, 2.45) is 7.05 Å². The molecule has 0 amide bonds. The number of halogens is 5. The van der Waals surface area contributed by atoms with Gasteiger partial charge in [-0.05, 0) is 29.8 Å². The van der Waals surface area contributed by atoms with E-state index >= 15 is 0 Å². The summed E-state index contributed by atoms with van der Waals surface area (Å²) in [5, 5.41) is 4.33. The first-order valence-corrected chi connectivity index (χ1v) is 10.6. The summed E-state index contributed by atoms with van der Waals surface area (Å²) in [6, 6.07) is 7.02. The summed E-state index contributed by atoms with van der Waals surface area (Å²) >= 11 is 30.6. The number of aryl methyl sites for hydroxylation is 1. The zero-order valence-corrected chi connectivity index (χ0v) is 20.0. The summed E-state index contributed by atoms with van der Waals surface area (Å²) in [7, 11) is 3.28. The third-order valence-electron chi connectivity index (χ3n) is 4.24. The molecule has 3 aromatic rings. The van der Waals surface area contributed by atoms with Crippen molar-refractivity contribution in [1.29, 1.82) is 0 Å². The van der Waals surface area contributed by atoms with E-state index in [-0.39, 0.29) is 43.3 Å². The molecule has 0 bridgehead atoms. The van der Waals surface area contributed by atoms with Gasteiger partial charge in [-0.2, -0.15) is 5.10 Å². The molecule has 0 unspecified atom stereocenters. The number of aromatic nitrogens is 2. The molecule has 1 heterocycles. The summed E-state index contributed by atoms with van der Waals surface area (Å²) < 4.78 is 12.7. The lowest BCUT2D eigenvalue weighted by Gasteiger charge is -2.15. The summed E-state index contributed by atoms with van der Waals surface area (Å²) in [6.45, 7) is 0.0484. The fraction of sp³-hybridized carbons (Fsp3) is 0.143. The van der Waals surface area contributed by atoms with Crippen LogP contribution in [0.25, 0.3) is 6.08 Å². The molecule has 0 radical (unpaired) electrons. The Kier molecular flexibility index (Phi) is 7.78. The maximum absolute atomic E-state index is 12.2. The molecule has 0 N–H and O–H groups in total. The van der Waals surface area contributed by atoms with Crippen LogP contribution in [0.15, 0.2) is 36.5 Å². The number of benzene rings is 2. The molecule has 5 nitrogen and oxygen atoms in total. The van der Waals surface area contributed by atoms with Crippen molar-refractivity contribution in [2.75, 3.05) is 7.11 Å². The molecule has 1 aromatic heterocycles. The number of hydrogen-bond acceptors (Lipinski definition) is 4. The second-order valence-electron chi connectivity index (χ2n) is 6.33. The van der Waals surface area contributed by atoms with Gasteiger partial charge in [-0.25, -0.2) is 0 Å². The Morgan fingerprint density at radius 3 is 2.26 bits per heavy atom. The molecule has 10 heteroatoms. The highest BCUT2D eigenvalue weighted by atomic mass is 35.5. The van der Waals surface area contributed by atoms with Gasteiger partial charge in [0.2, 0.25) is 5.78 Å². The van der Waals surface area contributed by atoms with Crippen molar-refractivity contribution in [1.82, 2.24) is 9.78 Å². The second kappa shape index (κ2) is 10.2. The monoisotopic (exact) mass is 518 g/mol. The van der Waals surface area contributed by atoms with Crippen molar-refractivity contribution in [3.05, 3.63) is 78.5 Å². The molecule has 3 rings (SSSR count). The number of methoxy groups -OCH3 is 1. The first-order valence-electron chi connectivity index (χ1n) is 8.76. The Hall–Kier alpha value is -1.89. The van der Waals surface area contributed by atoms with Gasteiger partial charge >= 0.3 is 0 Å². The fourth-order valence-corrected chi connectivity index (χ4v) is 3.91. The van der Waals surface area contributed by atoms with E-state index in [0.29, 0.717) is 17.0 Å². The van der Waals surface area contributed by atoms with E-state index in [4.69, 9.17) is 67.5 Å². The Morgan fingerprint density at radius 2 is 1.68 bits per heavy atom. The lowest BCUT2D eigenvalue weighted by molar-refractivity contribution is 0.104. The Balaban J connectivity index is 1.84. The normalized spacial score (nSPS) is 11.2. The topological polar surface area (TPSA) is 53.4 Å². The zero-order chi connectivity index (χ0) is 22.7. The highest BCUT2D eigenvalue weighted by Gasteiger charge is 2.21. The number of rotatable bonds is 7.